The molecule has 2 aromatic rings. The van der Waals surface area contributed by atoms with Gasteiger partial charge in [-0.25, -0.2) is 4.98 Å². The zero-order chi connectivity index (χ0) is 16.2. The quantitative estimate of drug-likeness (QED) is 0.693. The second-order valence-corrected chi connectivity index (χ2v) is 7.31. The van der Waals surface area contributed by atoms with Crippen molar-refractivity contribution in [2.24, 2.45) is 0 Å². The molecular formula is C17H25N4OS+. The summed E-state index contributed by atoms with van der Waals surface area (Å²) in [5.41, 5.74) is 4.49. The van der Waals surface area contributed by atoms with Gasteiger partial charge in [-0.3, -0.25) is 4.79 Å². The van der Waals surface area contributed by atoms with Gasteiger partial charge in [0.25, 0.3) is 0 Å². The van der Waals surface area contributed by atoms with E-state index in [9.17, 15) is 4.79 Å². The fraction of sp³-hybridized carbons (Fsp3) is 0.529. The SMILES string of the molecule is Cc1cc2nc(SCC(=O)NCC[NH+]3CCCC3)[nH]c2cc1C. The van der Waals surface area contributed by atoms with Gasteiger partial charge in [-0.05, 0) is 37.1 Å². The predicted octanol–water partition coefficient (Wildman–Crippen LogP) is 1.07. The molecule has 1 aromatic heterocycles. The first-order chi connectivity index (χ1) is 11.1. The number of thioether (sulfide) groups is 1. The molecule has 6 heteroatoms. The lowest BCUT2D eigenvalue weighted by atomic mass is 10.1. The Bertz CT molecular complexity index is 652. The molecule has 3 N–H and O–H groups in total. The molecule has 1 aliphatic rings. The summed E-state index contributed by atoms with van der Waals surface area (Å²) in [4.78, 5) is 21.4. The Morgan fingerprint density at radius 3 is 2.83 bits per heavy atom. The molecular weight excluding hydrogens is 308 g/mol. The highest BCUT2D eigenvalue weighted by Gasteiger charge is 2.15. The van der Waals surface area contributed by atoms with E-state index < -0.39 is 0 Å². The molecule has 0 atom stereocenters. The number of hydrogen-bond donors (Lipinski definition) is 3. The monoisotopic (exact) mass is 333 g/mol. The second kappa shape index (κ2) is 7.36. The summed E-state index contributed by atoms with van der Waals surface area (Å²) >= 11 is 1.46. The van der Waals surface area contributed by atoms with Crippen LogP contribution in [0.3, 0.4) is 0 Å². The Kier molecular flexibility index (Phi) is 5.23. The van der Waals surface area contributed by atoms with Crippen molar-refractivity contribution in [2.75, 3.05) is 31.9 Å². The number of carbonyl (C=O) groups excluding carboxylic acids is 1. The summed E-state index contributed by atoms with van der Waals surface area (Å²) in [5.74, 6) is 0.494. The molecule has 1 fully saturated rings. The first-order valence-corrected chi connectivity index (χ1v) is 9.30. The third-order valence-corrected chi connectivity index (χ3v) is 5.40. The molecule has 1 aliphatic heterocycles. The minimum atomic E-state index is 0.0846. The van der Waals surface area contributed by atoms with Crippen molar-refractivity contribution in [1.82, 2.24) is 15.3 Å². The number of nitrogens with one attached hydrogen (secondary N) is 3. The predicted molar refractivity (Wildman–Crippen MR) is 94.1 cm³/mol. The van der Waals surface area contributed by atoms with E-state index in [1.807, 2.05) is 0 Å². The van der Waals surface area contributed by atoms with Crippen LogP contribution < -0.4 is 10.2 Å². The molecule has 1 amide bonds. The molecule has 0 saturated carbocycles. The number of H-pyrrole nitrogens is 1. The molecule has 0 spiro atoms. The van der Waals surface area contributed by atoms with Gasteiger partial charge in [0.15, 0.2) is 5.16 Å². The summed E-state index contributed by atoms with van der Waals surface area (Å²) in [6.07, 6.45) is 2.65. The Hall–Kier alpha value is -1.53. The smallest absolute Gasteiger partial charge is 0.230 e. The van der Waals surface area contributed by atoms with Crippen LogP contribution in [0.5, 0.6) is 0 Å². The van der Waals surface area contributed by atoms with Crippen molar-refractivity contribution in [3.8, 4) is 0 Å². The largest absolute Gasteiger partial charge is 0.350 e. The maximum atomic E-state index is 11.9. The summed E-state index contributed by atoms with van der Waals surface area (Å²) in [5, 5.41) is 3.82. The highest BCUT2D eigenvalue weighted by molar-refractivity contribution is 7.99. The number of aryl methyl sites for hydroxylation is 2. The van der Waals surface area contributed by atoms with Gasteiger partial charge in [-0.1, -0.05) is 11.8 Å². The van der Waals surface area contributed by atoms with E-state index >= 15 is 0 Å². The number of imidazole rings is 1. The van der Waals surface area contributed by atoms with Crippen molar-refractivity contribution in [3.63, 3.8) is 0 Å². The molecule has 124 valence electrons. The van der Waals surface area contributed by atoms with Gasteiger partial charge >= 0.3 is 0 Å². The Balaban J connectivity index is 1.46. The van der Waals surface area contributed by atoms with Crippen molar-refractivity contribution in [2.45, 2.75) is 31.8 Å². The fourth-order valence-electron chi connectivity index (χ4n) is 3.00. The number of likely N-dealkylation sites (tertiary alicyclic amines) is 1. The lowest BCUT2D eigenvalue weighted by molar-refractivity contribution is -0.886. The van der Waals surface area contributed by atoms with E-state index in [1.54, 1.807) is 4.90 Å². The number of quaternary nitrogens is 1. The maximum absolute atomic E-state index is 11.9. The first-order valence-electron chi connectivity index (χ1n) is 8.32. The van der Waals surface area contributed by atoms with Gasteiger partial charge in [0, 0.05) is 12.8 Å². The number of carbonyl (C=O) groups is 1. The van der Waals surface area contributed by atoms with Gasteiger partial charge in [0.05, 0.1) is 43.0 Å². The average Bonchev–Trinajstić information content (AvgIpc) is 3.15. The third kappa shape index (κ3) is 4.26. The minimum absolute atomic E-state index is 0.0846. The van der Waals surface area contributed by atoms with Gasteiger partial charge in [0.1, 0.15) is 0 Å². The number of nitrogens with zero attached hydrogens (tertiary/aromatic N) is 1. The molecule has 0 radical (unpaired) electrons. The minimum Gasteiger partial charge on any atom is -0.350 e. The number of hydrogen-bond acceptors (Lipinski definition) is 3. The van der Waals surface area contributed by atoms with Gasteiger partial charge in [-0.15, -0.1) is 0 Å². The van der Waals surface area contributed by atoms with E-state index in [0.717, 1.165) is 29.3 Å². The van der Waals surface area contributed by atoms with E-state index in [2.05, 4.69) is 41.3 Å². The molecule has 1 saturated heterocycles. The van der Waals surface area contributed by atoms with Crippen LogP contribution in [-0.2, 0) is 4.79 Å². The highest BCUT2D eigenvalue weighted by Crippen LogP contribution is 2.22. The Morgan fingerprint density at radius 2 is 2.04 bits per heavy atom. The van der Waals surface area contributed by atoms with Gasteiger partial charge in [0.2, 0.25) is 5.91 Å². The molecule has 3 rings (SSSR count). The van der Waals surface area contributed by atoms with Crippen molar-refractivity contribution >= 4 is 28.7 Å². The van der Waals surface area contributed by atoms with Crippen LogP contribution in [0.2, 0.25) is 0 Å². The lowest BCUT2D eigenvalue weighted by Gasteiger charge is -2.12. The molecule has 1 aromatic carbocycles. The van der Waals surface area contributed by atoms with E-state index in [4.69, 9.17) is 0 Å². The maximum Gasteiger partial charge on any atom is 0.230 e. The van der Waals surface area contributed by atoms with Crippen LogP contribution in [0.25, 0.3) is 11.0 Å². The van der Waals surface area contributed by atoms with Crippen molar-refractivity contribution in [3.05, 3.63) is 23.3 Å². The topological polar surface area (TPSA) is 62.2 Å². The lowest BCUT2D eigenvalue weighted by Crippen LogP contribution is -3.10. The van der Waals surface area contributed by atoms with E-state index in [0.29, 0.717) is 5.75 Å². The molecule has 0 bridgehead atoms. The number of aromatic nitrogens is 2. The van der Waals surface area contributed by atoms with Crippen molar-refractivity contribution in [1.29, 1.82) is 0 Å². The highest BCUT2D eigenvalue weighted by atomic mass is 32.2. The molecule has 2 heterocycles. The second-order valence-electron chi connectivity index (χ2n) is 6.34. The van der Waals surface area contributed by atoms with Crippen LogP contribution in [0, 0.1) is 13.8 Å². The standard InChI is InChI=1S/C17H24N4OS/c1-12-9-14-15(10-13(12)2)20-17(19-14)23-11-16(22)18-5-8-21-6-3-4-7-21/h9-10H,3-8,11H2,1-2H3,(H,18,22)(H,19,20)/p+1. The zero-order valence-corrected chi connectivity index (χ0v) is 14.7. The van der Waals surface area contributed by atoms with Crippen molar-refractivity contribution < 1.29 is 9.69 Å². The van der Waals surface area contributed by atoms with E-state index in [-0.39, 0.29) is 5.91 Å². The van der Waals surface area contributed by atoms with Crippen LogP contribution in [0.15, 0.2) is 17.3 Å². The third-order valence-electron chi connectivity index (χ3n) is 4.53. The fourth-order valence-corrected chi connectivity index (χ4v) is 3.72. The molecule has 5 nitrogen and oxygen atoms in total. The van der Waals surface area contributed by atoms with Crippen LogP contribution in [0.4, 0.5) is 0 Å². The Labute approximate surface area is 141 Å². The summed E-state index contributed by atoms with van der Waals surface area (Å²) in [6, 6.07) is 4.20. The number of fused-ring (bicyclic) bond motifs is 1. The molecule has 0 unspecified atom stereocenters. The normalized spacial score (nSPS) is 15.4. The average molecular weight is 333 g/mol. The first kappa shape index (κ1) is 16.3. The van der Waals surface area contributed by atoms with Crippen LogP contribution >= 0.6 is 11.8 Å². The van der Waals surface area contributed by atoms with Crippen LogP contribution in [-0.4, -0.2) is 47.8 Å². The Morgan fingerprint density at radius 1 is 1.30 bits per heavy atom. The van der Waals surface area contributed by atoms with Gasteiger partial charge in [-0.2, -0.15) is 0 Å². The summed E-state index contributed by atoms with van der Waals surface area (Å²) < 4.78 is 0. The summed E-state index contributed by atoms with van der Waals surface area (Å²) in [6.45, 7) is 8.50. The molecule has 0 aliphatic carbocycles. The van der Waals surface area contributed by atoms with Crippen LogP contribution in [0.1, 0.15) is 24.0 Å². The number of rotatable bonds is 6. The summed E-state index contributed by atoms with van der Waals surface area (Å²) in [7, 11) is 0. The van der Waals surface area contributed by atoms with E-state index in [1.165, 1.54) is 48.8 Å². The number of aromatic amines is 1. The van der Waals surface area contributed by atoms with Gasteiger partial charge < -0.3 is 15.2 Å². The molecule has 23 heavy (non-hydrogen) atoms. The number of amides is 1. The number of benzene rings is 1. The zero-order valence-electron chi connectivity index (χ0n) is 13.9.